The minimum Gasteiger partial charge on any atom is -0.461 e. The minimum absolute atomic E-state index is 0.115. The van der Waals surface area contributed by atoms with Gasteiger partial charge in [0.05, 0.1) is 5.39 Å². The molecule has 0 bridgehead atoms. The first kappa shape index (κ1) is 12.9. The molecule has 1 aromatic heterocycles. The smallest absolute Gasteiger partial charge is 0.196 e. The van der Waals surface area contributed by atoms with Crippen molar-refractivity contribution in [3.8, 4) is 0 Å². The van der Waals surface area contributed by atoms with Crippen molar-refractivity contribution in [1.29, 1.82) is 0 Å². The van der Waals surface area contributed by atoms with E-state index in [4.69, 9.17) is 4.42 Å². The van der Waals surface area contributed by atoms with Gasteiger partial charge in [0.25, 0.3) is 0 Å². The van der Waals surface area contributed by atoms with Gasteiger partial charge in [-0.1, -0.05) is 6.92 Å². The van der Waals surface area contributed by atoms with Crippen LogP contribution in [-0.2, 0) is 6.42 Å². The molecule has 0 saturated carbocycles. The lowest BCUT2D eigenvalue weighted by Crippen LogP contribution is -2.11. The molecule has 2 aromatic rings. The highest BCUT2D eigenvalue weighted by Crippen LogP contribution is 2.29. The van der Waals surface area contributed by atoms with E-state index >= 15 is 0 Å². The predicted molar refractivity (Wildman–Crippen MR) is 75.5 cm³/mol. The van der Waals surface area contributed by atoms with Crippen LogP contribution in [0.25, 0.3) is 11.0 Å². The third kappa shape index (κ3) is 1.59. The first-order valence-electron chi connectivity index (χ1n) is 6.42. The Morgan fingerprint density at radius 2 is 1.50 bits per heavy atom. The third-order valence-electron chi connectivity index (χ3n) is 4.16. The van der Waals surface area contributed by atoms with Crippen LogP contribution in [0.15, 0.2) is 9.21 Å². The molecule has 0 spiro atoms. The summed E-state index contributed by atoms with van der Waals surface area (Å²) in [7, 11) is 0. The number of benzene rings is 1. The Balaban J connectivity index is 3.16. The van der Waals surface area contributed by atoms with Gasteiger partial charge in [-0.15, -0.1) is 0 Å². The fraction of sp³-hybridized carbons (Fsp3) is 0.438. The molecule has 0 unspecified atom stereocenters. The van der Waals surface area contributed by atoms with Crippen LogP contribution < -0.4 is 5.43 Å². The molecule has 0 N–H and O–H groups in total. The largest absolute Gasteiger partial charge is 0.461 e. The summed E-state index contributed by atoms with van der Waals surface area (Å²) in [6, 6.07) is 0. The summed E-state index contributed by atoms with van der Waals surface area (Å²) in [6.07, 6.45) is 0.884. The number of aryl methyl sites for hydroxylation is 3. The Hall–Kier alpha value is -1.57. The predicted octanol–water partition coefficient (Wildman–Crippen LogP) is 3.90. The molecule has 0 atom stereocenters. The molecular weight excluding hydrogens is 224 g/mol. The molecule has 18 heavy (non-hydrogen) atoms. The van der Waals surface area contributed by atoms with Crippen molar-refractivity contribution >= 4 is 11.0 Å². The summed E-state index contributed by atoms with van der Waals surface area (Å²) >= 11 is 0. The molecule has 2 nitrogen and oxygen atoms in total. The Morgan fingerprint density at radius 1 is 0.889 bits per heavy atom. The third-order valence-corrected chi connectivity index (χ3v) is 4.16. The molecule has 0 fully saturated rings. The molecule has 0 aliphatic heterocycles. The standard InChI is InChI=1S/C16H20O2/c1-7-13-9(3)8(2)10(4)14-15(17)11(5)12(6)18-16(13)14/h7H2,1-6H3. The minimum atomic E-state index is 0.115. The van der Waals surface area contributed by atoms with E-state index in [1.165, 1.54) is 11.1 Å². The molecular formula is C16H20O2. The van der Waals surface area contributed by atoms with Crippen LogP contribution >= 0.6 is 0 Å². The fourth-order valence-corrected chi connectivity index (χ4v) is 2.58. The van der Waals surface area contributed by atoms with Crippen LogP contribution in [-0.4, -0.2) is 0 Å². The van der Waals surface area contributed by atoms with E-state index in [9.17, 15) is 4.79 Å². The molecule has 0 aliphatic carbocycles. The van der Waals surface area contributed by atoms with Crippen molar-refractivity contribution in [3.05, 3.63) is 43.8 Å². The zero-order valence-corrected chi connectivity index (χ0v) is 12.0. The van der Waals surface area contributed by atoms with E-state index < -0.39 is 0 Å². The van der Waals surface area contributed by atoms with Crippen LogP contribution in [0.2, 0.25) is 0 Å². The maximum absolute atomic E-state index is 12.4. The zero-order valence-electron chi connectivity index (χ0n) is 12.0. The normalized spacial score (nSPS) is 11.2. The van der Waals surface area contributed by atoms with Crippen molar-refractivity contribution in [3.63, 3.8) is 0 Å². The lowest BCUT2D eigenvalue weighted by molar-refractivity contribution is 0.554. The summed E-state index contributed by atoms with van der Waals surface area (Å²) in [4.78, 5) is 12.4. The highest BCUT2D eigenvalue weighted by molar-refractivity contribution is 5.86. The van der Waals surface area contributed by atoms with Crippen molar-refractivity contribution in [2.45, 2.75) is 48.0 Å². The summed E-state index contributed by atoms with van der Waals surface area (Å²) in [5.74, 6) is 0.727. The van der Waals surface area contributed by atoms with Crippen LogP contribution in [0.1, 0.15) is 40.5 Å². The van der Waals surface area contributed by atoms with Crippen LogP contribution in [0, 0.1) is 34.6 Å². The Morgan fingerprint density at radius 3 is 2.06 bits per heavy atom. The zero-order chi connectivity index (χ0) is 13.6. The van der Waals surface area contributed by atoms with E-state index in [0.29, 0.717) is 0 Å². The van der Waals surface area contributed by atoms with E-state index in [-0.39, 0.29) is 5.43 Å². The Kier molecular flexibility index (Phi) is 3.05. The van der Waals surface area contributed by atoms with Gasteiger partial charge in [0.15, 0.2) is 5.43 Å². The van der Waals surface area contributed by atoms with Gasteiger partial charge in [-0.05, 0) is 63.3 Å². The molecule has 0 saturated heterocycles. The average molecular weight is 244 g/mol. The van der Waals surface area contributed by atoms with Gasteiger partial charge in [0.1, 0.15) is 11.3 Å². The first-order valence-corrected chi connectivity index (χ1v) is 6.42. The van der Waals surface area contributed by atoms with E-state index in [1.807, 2.05) is 20.8 Å². The lowest BCUT2D eigenvalue weighted by Gasteiger charge is -2.15. The molecule has 2 rings (SSSR count). The molecule has 2 heteroatoms. The highest BCUT2D eigenvalue weighted by atomic mass is 16.3. The van der Waals surface area contributed by atoms with Crippen molar-refractivity contribution in [1.82, 2.24) is 0 Å². The van der Waals surface area contributed by atoms with Crippen LogP contribution in [0.5, 0.6) is 0 Å². The molecule has 0 amide bonds. The molecule has 1 heterocycles. The van der Waals surface area contributed by atoms with Crippen molar-refractivity contribution in [2.24, 2.45) is 0 Å². The molecule has 0 radical (unpaired) electrons. The summed E-state index contributed by atoms with van der Waals surface area (Å²) < 4.78 is 5.91. The maximum Gasteiger partial charge on any atom is 0.196 e. The topological polar surface area (TPSA) is 30.2 Å². The quantitative estimate of drug-likeness (QED) is 0.761. The highest BCUT2D eigenvalue weighted by Gasteiger charge is 2.17. The number of hydrogen-bond donors (Lipinski definition) is 0. The lowest BCUT2D eigenvalue weighted by atomic mass is 9.92. The fourth-order valence-electron chi connectivity index (χ4n) is 2.58. The Labute approximate surface area is 108 Å². The van der Waals surface area contributed by atoms with Gasteiger partial charge >= 0.3 is 0 Å². The van der Waals surface area contributed by atoms with Crippen molar-refractivity contribution in [2.75, 3.05) is 0 Å². The maximum atomic E-state index is 12.4. The summed E-state index contributed by atoms with van der Waals surface area (Å²) in [5.41, 5.74) is 6.28. The number of hydrogen-bond acceptors (Lipinski definition) is 2. The van der Waals surface area contributed by atoms with Crippen molar-refractivity contribution < 1.29 is 4.42 Å². The van der Waals surface area contributed by atoms with E-state index in [1.54, 1.807) is 0 Å². The second-order valence-corrected chi connectivity index (χ2v) is 5.02. The van der Waals surface area contributed by atoms with Gasteiger partial charge in [0, 0.05) is 5.56 Å². The molecule has 96 valence electrons. The van der Waals surface area contributed by atoms with Gasteiger partial charge in [-0.2, -0.15) is 0 Å². The summed E-state index contributed by atoms with van der Waals surface area (Å²) in [5, 5.41) is 0.762. The summed E-state index contributed by atoms with van der Waals surface area (Å²) in [6.45, 7) is 12.0. The van der Waals surface area contributed by atoms with Gasteiger partial charge < -0.3 is 4.42 Å². The Bertz CT molecular complexity index is 691. The van der Waals surface area contributed by atoms with Gasteiger partial charge in [-0.3, -0.25) is 4.79 Å². The second-order valence-electron chi connectivity index (χ2n) is 5.02. The SMILES string of the molecule is CCc1c(C)c(C)c(C)c2c(=O)c(C)c(C)oc12. The van der Waals surface area contributed by atoms with Crippen LogP contribution in [0.4, 0.5) is 0 Å². The second kappa shape index (κ2) is 4.27. The van der Waals surface area contributed by atoms with Gasteiger partial charge in [-0.25, -0.2) is 0 Å². The van der Waals surface area contributed by atoms with E-state index in [2.05, 4.69) is 20.8 Å². The number of rotatable bonds is 1. The van der Waals surface area contributed by atoms with Crippen LogP contribution in [0.3, 0.4) is 0 Å². The molecule has 0 aliphatic rings. The first-order chi connectivity index (χ1) is 8.40. The number of fused-ring (bicyclic) bond motifs is 1. The average Bonchev–Trinajstić information content (AvgIpc) is 2.34. The van der Waals surface area contributed by atoms with E-state index in [0.717, 1.165) is 39.8 Å². The monoisotopic (exact) mass is 244 g/mol. The molecule has 1 aromatic carbocycles. The van der Waals surface area contributed by atoms with Gasteiger partial charge in [0.2, 0.25) is 0 Å².